The van der Waals surface area contributed by atoms with Gasteiger partial charge in [-0.3, -0.25) is 4.79 Å². The van der Waals surface area contributed by atoms with E-state index in [4.69, 9.17) is 5.73 Å². The highest BCUT2D eigenvalue weighted by molar-refractivity contribution is 5.77. The van der Waals surface area contributed by atoms with Gasteiger partial charge in [-0.15, -0.1) is 0 Å². The summed E-state index contributed by atoms with van der Waals surface area (Å²) in [6.45, 7) is 8.40. The number of carbonyl (C=O) groups is 1. The number of hydrogen-bond acceptors (Lipinski definition) is 3. The van der Waals surface area contributed by atoms with Gasteiger partial charge in [0.2, 0.25) is 5.91 Å². The highest BCUT2D eigenvalue weighted by atomic mass is 16.1. The van der Waals surface area contributed by atoms with E-state index in [9.17, 15) is 4.79 Å². The van der Waals surface area contributed by atoms with Crippen molar-refractivity contribution in [3.8, 4) is 0 Å². The van der Waals surface area contributed by atoms with E-state index in [1.807, 2.05) is 6.07 Å². The van der Waals surface area contributed by atoms with Crippen LogP contribution in [0.2, 0.25) is 0 Å². The number of nitrogens with zero attached hydrogens (tertiary/aromatic N) is 1. The molecule has 134 valence electrons. The van der Waals surface area contributed by atoms with Gasteiger partial charge in [-0.1, -0.05) is 25.8 Å². The van der Waals surface area contributed by atoms with Crippen LogP contribution < -0.4 is 16.0 Å². The third kappa shape index (κ3) is 4.89. The molecule has 1 saturated carbocycles. The van der Waals surface area contributed by atoms with E-state index in [1.54, 1.807) is 0 Å². The Labute approximate surface area is 146 Å². The average molecular weight is 332 g/mol. The number of carbonyl (C=O) groups excluding carboxylic acids is 1. The summed E-state index contributed by atoms with van der Waals surface area (Å²) in [7, 11) is 0. The lowest BCUT2D eigenvalue weighted by molar-refractivity contribution is -0.122. The second-order valence-electron chi connectivity index (χ2n) is 7.00. The molecule has 0 heterocycles. The molecule has 1 amide bonds. The highest BCUT2D eigenvalue weighted by Crippen LogP contribution is 2.25. The van der Waals surface area contributed by atoms with Crippen LogP contribution in [0.5, 0.6) is 0 Å². The minimum atomic E-state index is 0.167. The number of hydrogen-bond donors (Lipinski definition) is 2. The Morgan fingerprint density at radius 2 is 1.96 bits per heavy atom. The maximum absolute atomic E-state index is 12.2. The van der Waals surface area contributed by atoms with Crippen LogP contribution in [0.15, 0.2) is 18.2 Å². The molecule has 0 spiro atoms. The third-order valence-corrected chi connectivity index (χ3v) is 5.29. The van der Waals surface area contributed by atoms with Gasteiger partial charge in [-0.25, -0.2) is 0 Å². The van der Waals surface area contributed by atoms with Crippen LogP contribution in [-0.2, 0) is 11.2 Å². The molecule has 0 radical (unpaired) electrons. The summed E-state index contributed by atoms with van der Waals surface area (Å²) in [5.74, 6) is 0.770. The predicted molar refractivity (Wildman–Crippen MR) is 102 cm³/mol. The van der Waals surface area contributed by atoms with Crippen molar-refractivity contribution < 1.29 is 4.79 Å². The van der Waals surface area contributed by atoms with Crippen LogP contribution >= 0.6 is 0 Å². The lowest BCUT2D eigenvalue weighted by Crippen LogP contribution is -2.41. The number of benzene rings is 1. The second kappa shape index (κ2) is 8.95. The molecule has 2 unspecified atom stereocenters. The molecular weight excluding hydrogens is 298 g/mol. The molecule has 3 N–H and O–H groups in total. The molecule has 1 aliphatic rings. The van der Waals surface area contributed by atoms with Crippen molar-refractivity contribution in [2.75, 3.05) is 23.7 Å². The summed E-state index contributed by atoms with van der Waals surface area (Å²) in [6.07, 6.45) is 6.17. The van der Waals surface area contributed by atoms with Crippen molar-refractivity contribution in [1.29, 1.82) is 0 Å². The van der Waals surface area contributed by atoms with Crippen molar-refractivity contribution in [3.05, 3.63) is 23.8 Å². The fourth-order valence-electron chi connectivity index (χ4n) is 3.68. The number of nitrogens with one attached hydrogen (secondary N) is 1. The minimum absolute atomic E-state index is 0.167. The van der Waals surface area contributed by atoms with E-state index in [0.717, 1.165) is 42.9 Å². The quantitative estimate of drug-likeness (QED) is 0.748. The second-order valence-corrected chi connectivity index (χ2v) is 7.00. The van der Waals surface area contributed by atoms with Gasteiger partial charge in [-0.2, -0.15) is 0 Å². The molecule has 2 rings (SSSR count). The lowest BCUT2D eigenvalue weighted by Gasteiger charge is -2.29. The molecule has 24 heavy (non-hydrogen) atoms. The Balaban J connectivity index is 1.87. The van der Waals surface area contributed by atoms with Crippen LogP contribution in [0.4, 0.5) is 11.4 Å². The Kier molecular flexibility index (Phi) is 6.95. The predicted octanol–water partition coefficient (Wildman–Crippen LogP) is 3.74. The molecule has 0 aromatic heterocycles. The maximum Gasteiger partial charge on any atom is 0.220 e. The average Bonchev–Trinajstić information content (AvgIpc) is 2.58. The van der Waals surface area contributed by atoms with Gasteiger partial charge >= 0.3 is 0 Å². The smallest absolute Gasteiger partial charge is 0.220 e. The zero-order valence-corrected chi connectivity index (χ0v) is 15.5. The van der Waals surface area contributed by atoms with Crippen molar-refractivity contribution in [1.82, 2.24) is 5.32 Å². The molecule has 0 saturated heterocycles. The fourth-order valence-corrected chi connectivity index (χ4v) is 3.68. The van der Waals surface area contributed by atoms with Crippen LogP contribution in [-0.4, -0.2) is 25.0 Å². The number of anilines is 2. The number of nitrogen functional groups attached to an aromatic ring is 1. The van der Waals surface area contributed by atoms with E-state index in [-0.39, 0.29) is 5.91 Å². The maximum atomic E-state index is 12.2. The van der Waals surface area contributed by atoms with Crippen molar-refractivity contribution >= 4 is 17.3 Å². The summed E-state index contributed by atoms with van der Waals surface area (Å²) >= 11 is 0. The summed E-state index contributed by atoms with van der Waals surface area (Å²) in [5, 5.41) is 3.22. The first kappa shape index (κ1) is 18.6. The van der Waals surface area contributed by atoms with Crippen LogP contribution in [0.3, 0.4) is 0 Å². The number of nitrogens with two attached hydrogens (primary N) is 1. The molecule has 1 aromatic carbocycles. The van der Waals surface area contributed by atoms with E-state index in [0.29, 0.717) is 18.4 Å². The van der Waals surface area contributed by atoms with E-state index in [2.05, 4.69) is 43.1 Å². The first-order valence-corrected chi connectivity index (χ1v) is 9.47. The third-order valence-electron chi connectivity index (χ3n) is 5.29. The highest BCUT2D eigenvalue weighted by Gasteiger charge is 2.22. The standard InChI is InChI=1S/C20H33N3O/c1-4-23(5-2)19-12-10-16(14-17(19)21)11-13-20(24)22-18-9-7-6-8-15(18)3/h10,12,14-15,18H,4-9,11,13,21H2,1-3H3,(H,22,24). The minimum Gasteiger partial charge on any atom is -0.397 e. The lowest BCUT2D eigenvalue weighted by atomic mass is 9.86. The molecule has 1 aromatic rings. The van der Waals surface area contributed by atoms with Gasteiger partial charge in [-0.05, 0) is 56.7 Å². The molecule has 0 aliphatic heterocycles. The Morgan fingerprint density at radius 3 is 2.58 bits per heavy atom. The van der Waals surface area contributed by atoms with Gasteiger partial charge < -0.3 is 16.0 Å². The topological polar surface area (TPSA) is 58.4 Å². The van der Waals surface area contributed by atoms with Crippen LogP contribution in [0.25, 0.3) is 0 Å². The summed E-state index contributed by atoms with van der Waals surface area (Å²) in [6, 6.07) is 6.56. The van der Waals surface area contributed by atoms with E-state index < -0.39 is 0 Å². The molecule has 2 atom stereocenters. The van der Waals surface area contributed by atoms with E-state index in [1.165, 1.54) is 19.3 Å². The van der Waals surface area contributed by atoms with Crippen molar-refractivity contribution in [3.63, 3.8) is 0 Å². The monoisotopic (exact) mass is 331 g/mol. The SMILES string of the molecule is CCN(CC)c1ccc(CCC(=O)NC2CCCCC2C)cc1N. The van der Waals surface area contributed by atoms with Gasteiger partial charge in [0.25, 0.3) is 0 Å². The van der Waals surface area contributed by atoms with Crippen LogP contribution in [0, 0.1) is 5.92 Å². The Morgan fingerprint density at radius 1 is 1.25 bits per heavy atom. The zero-order valence-electron chi connectivity index (χ0n) is 15.5. The molecule has 0 bridgehead atoms. The van der Waals surface area contributed by atoms with Gasteiger partial charge in [0.15, 0.2) is 0 Å². The van der Waals surface area contributed by atoms with Crippen LogP contribution in [0.1, 0.15) is 58.4 Å². The van der Waals surface area contributed by atoms with E-state index >= 15 is 0 Å². The summed E-state index contributed by atoms with van der Waals surface area (Å²) < 4.78 is 0. The van der Waals surface area contributed by atoms with Gasteiger partial charge in [0.1, 0.15) is 0 Å². The fraction of sp³-hybridized carbons (Fsp3) is 0.650. The van der Waals surface area contributed by atoms with Gasteiger partial charge in [0.05, 0.1) is 11.4 Å². The largest absolute Gasteiger partial charge is 0.397 e. The first-order valence-electron chi connectivity index (χ1n) is 9.47. The van der Waals surface area contributed by atoms with Gasteiger partial charge in [0, 0.05) is 25.6 Å². The number of aryl methyl sites for hydroxylation is 1. The Bertz CT molecular complexity index is 540. The normalized spacial score (nSPS) is 20.6. The number of amides is 1. The first-order chi connectivity index (χ1) is 11.5. The Hall–Kier alpha value is -1.71. The van der Waals surface area contributed by atoms with Crippen molar-refractivity contribution in [2.24, 2.45) is 5.92 Å². The molecule has 1 aliphatic carbocycles. The summed E-state index contributed by atoms with van der Waals surface area (Å²) in [4.78, 5) is 14.5. The zero-order chi connectivity index (χ0) is 17.5. The number of rotatable bonds is 7. The van der Waals surface area contributed by atoms with Crippen molar-refractivity contribution in [2.45, 2.75) is 65.3 Å². The molecule has 4 nitrogen and oxygen atoms in total. The molecular formula is C20H33N3O. The molecule has 4 heteroatoms. The molecule has 1 fully saturated rings. The summed E-state index contributed by atoms with van der Waals surface area (Å²) in [5.41, 5.74) is 9.23.